The molecule has 2 atom stereocenters. The Morgan fingerprint density at radius 1 is 1.53 bits per heavy atom. The second kappa shape index (κ2) is 6.31. The number of nitrogens with two attached hydrogens (primary N) is 1. The third kappa shape index (κ3) is 3.54. The minimum Gasteiger partial charge on any atom is -0.326 e. The van der Waals surface area contributed by atoms with E-state index in [1.807, 2.05) is 24.7 Å². The molecule has 0 fully saturated rings. The molecule has 3 nitrogen and oxygen atoms in total. The Bertz CT molecular complexity index is 550. The van der Waals surface area contributed by atoms with E-state index in [1.54, 1.807) is 23.1 Å². The lowest BCUT2D eigenvalue weighted by Gasteiger charge is -2.21. The van der Waals surface area contributed by atoms with Crippen molar-refractivity contribution in [3.05, 3.63) is 33.1 Å². The number of thioether (sulfide) groups is 1. The van der Waals surface area contributed by atoms with E-state index in [1.165, 1.54) is 4.88 Å². The second-order valence-electron chi connectivity index (χ2n) is 4.50. The molecule has 2 N–H and O–H groups in total. The smallest absolute Gasteiger partial charge is 0.0946 e. The van der Waals surface area contributed by atoms with Gasteiger partial charge in [-0.1, -0.05) is 30.3 Å². The standard InChI is InChI=1S/C13H18ClN3S2/c1-4-9(15)13(10-5-6-11(14)18-10)19-12-7-8(2)16-17(12)3/h5-7,9,13H,4,15H2,1-3H3. The molecule has 6 heteroatoms. The Hall–Kier alpha value is -0.490. The van der Waals surface area contributed by atoms with Crippen molar-refractivity contribution in [3.8, 4) is 0 Å². The quantitative estimate of drug-likeness (QED) is 0.848. The molecule has 2 unspecified atom stereocenters. The molecular formula is C13H18ClN3S2. The summed E-state index contributed by atoms with van der Waals surface area (Å²) in [5.41, 5.74) is 7.30. The van der Waals surface area contributed by atoms with Gasteiger partial charge in [0.05, 0.1) is 20.3 Å². The van der Waals surface area contributed by atoms with Gasteiger partial charge in [0.15, 0.2) is 0 Å². The highest BCUT2D eigenvalue weighted by Gasteiger charge is 2.23. The van der Waals surface area contributed by atoms with Gasteiger partial charge >= 0.3 is 0 Å². The van der Waals surface area contributed by atoms with Crippen molar-refractivity contribution < 1.29 is 0 Å². The lowest BCUT2D eigenvalue weighted by Crippen LogP contribution is -2.25. The van der Waals surface area contributed by atoms with Crippen LogP contribution in [-0.2, 0) is 7.05 Å². The Morgan fingerprint density at radius 3 is 2.74 bits per heavy atom. The van der Waals surface area contributed by atoms with E-state index < -0.39 is 0 Å². The first-order valence-corrected chi connectivity index (χ1v) is 8.26. The van der Waals surface area contributed by atoms with Crippen LogP contribution in [0, 0.1) is 6.92 Å². The van der Waals surface area contributed by atoms with Crippen LogP contribution in [-0.4, -0.2) is 15.8 Å². The van der Waals surface area contributed by atoms with Crippen LogP contribution in [0.2, 0.25) is 4.34 Å². The Labute approximate surface area is 127 Å². The number of halogens is 1. The molecule has 0 bridgehead atoms. The van der Waals surface area contributed by atoms with Crippen molar-refractivity contribution in [1.29, 1.82) is 0 Å². The molecule has 2 aromatic rings. The largest absolute Gasteiger partial charge is 0.326 e. The van der Waals surface area contributed by atoms with Gasteiger partial charge in [0, 0.05) is 18.0 Å². The summed E-state index contributed by atoms with van der Waals surface area (Å²) < 4.78 is 2.72. The van der Waals surface area contributed by atoms with Crippen molar-refractivity contribution in [2.75, 3.05) is 0 Å². The molecule has 0 radical (unpaired) electrons. The highest BCUT2D eigenvalue weighted by atomic mass is 35.5. The second-order valence-corrected chi connectivity index (χ2v) is 7.41. The van der Waals surface area contributed by atoms with Gasteiger partial charge in [0.2, 0.25) is 0 Å². The molecule has 0 spiro atoms. The number of aryl methyl sites for hydroxylation is 2. The Morgan fingerprint density at radius 2 is 2.26 bits per heavy atom. The molecule has 0 amide bonds. The van der Waals surface area contributed by atoms with Gasteiger partial charge in [-0.15, -0.1) is 11.3 Å². The lowest BCUT2D eigenvalue weighted by atomic mass is 10.1. The van der Waals surface area contributed by atoms with Crippen molar-refractivity contribution >= 4 is 34.7 Å². The summed E-state index contributed by atoms with van der Waals surface area (Å²) >= 11 is 9.41. The van der Waals surface area contributed by atoms with Crippen LogP contribution in [0.3, 0.4) is 0 Å². The predicted molar refractivity (Wildman–Crippen MR) is 84.1 cm³/mol. The van der Waals surface area contributed by atoms with Crippen LogP contribution in [0.4, 0.5) is 0 Å². The van der Waals surface area contributed by atoms with E-state index in [0.717, 1.165) is 21.5 Å². The van der Waals surface area contributed by atoms with Gasteiger partial charge in [-0.2, -0.15) is 5.10 Å². The molecule has 0 aliphatic carbocycles. The summed E-state index contributed by atoms with van der Waals surface area (Å²) in [5.74, 6) is 0. The molecule has 2 heterocycles. The highest BCUT2D eigenvalue weighted by molar-refractivity contribution is 7.99. The normalized spacial score (nSPS) is 14.6. The number of thiophene rings is 1. The number of hydrogen-bond acceptors (Lipinski definition) is 4. The maximum atomic E-state index is 6.28. The lowest BCUT2D eigenvalue weighted by molar-refractivity contribution is 0.633. The molecule has 2 aromatic heterocycles. The average molecular weight is 316 g/mol. The van der Waals surface area contributed by atoms with Crippen LogP contribution in [0.15, 0.2) is 23.2 Å². The third-order valence-electron chi connectivity index (χ3n) is 2.94. The summed E-state index contributed by atoms with van der Waals surface area (Å²) in [5, 5.41) is 5.74. The van der Waals surface area contributed by atoms with E-state index in [9.17, 15) is 0 Å². The molecule has 0 saturated heterocycles. The van der Waals surface area contributed by atoms with Crippen LogP contribution >= 0.6 is 34.7 Å². The molecule has 0 aliphatic rings. The number of nitrogens with zero attached hydrogens (tertiary/aromatic N) is 2. The van der Waals surface area contributed by atoms with Gasteiger partial charge in [-0.05, 0) is 31.5 Å². The van der Waals surface area contributed by atoms with E-state index in [4.69, 9.17) is 17.3 Å². The van der Waals surface area contributed by atoms with Gasteiger partial charge in [-0.3, -0.25) is 4.68 Å². The fraction of sp³-hybridized carbons (Fsp3) is 0.462. The maximum absolute atomic E-state index is 6.28. The maximum Gasteiger partial charge on any atom is 0.0946 e. The van der Waals surface area contributed by atoms with Crippen molar-refractivity contribution in [2.24, 2.45) is 12.8 Å². The molecule has 0 aliphatic heterocycles. The van der Waals surface area contributed by atoms with E-state index in [2.05, 4.69) is 24.2 Å². The van der Waals surface area contributed by atoms with Crippen molar-refractivity contribution in [1.82, 2.24) is 9.78 Å². The van der Waals surface area contributed by atoms with Gasteiger partial charge in [-0.25, -0.2) is 0 Å². The minimum absolute atomic E-state index is 0.106. The first-order valence-electron chi connectivity index (χ1n) is 6.19. The van der Waals surface area contributed by atoms with E-state index in [0.29, 0.717) is 0 Å². The van der Waals surface area contributed by atoms with Crippen molar-refractivity contribution in [2.45, 2.75) is 36.6 Å². The zero-order valence-corrected chi connectivity index (χ0v) is 13.6. The molecule has 0 aromatic carbocycles. The van der Waals surface area contributed by atoms with Gasteiger partial charge in [0.1, 0.15) is 0 Å². The molecular weight excluding hydrogens is 298 g/mol. The number of hydrogen-bond donors (Lipinski definition) is 1. The average Bonchev–Trinajstić information content (AvgIpc) is 2.91. The molecule has 2 rings (SSSR count). The van der Waals surface area contributed by atoms with E-state index >= 15 is 0 Å². The van der Waals surface area contributed by atoms with Crippen LogP contribution < -0.4 is 5.73 Å². The molecule has 19 heavy (non-hydrogen) atoms. The summed E-state index contributed by atoms with van der Waals surface area (Å²) in [6, 6.07) is 6.21. The van der Waals surface area contributed by atoms with Crippen molar-refractivity contribution in [3.63, 3.8) is 0 Å². The zero-order valence-electron chi connectivity index (χ0n) is 11.3. The summed E-state index contributed by atoms with van der Waals surface area (Å²) in [7, 11) is 1.96. The van der Waals surface area contributed by atoms with Gasteiger partial charge < -0.3 is 5.73 Å². The first-order chi connectivity index (χ1) is 9.01. The van der Waals surface area contributed by atoms with Gasteiger partial charge in [0.25, 0.3) is 0 Å². The minimum atomic E-state index is 0.106. The zero-order chi connectivity index (χ0) is 14.0. The Balaban J connectivity index is 2.26. The highest BCUT2D eigenvalue weighted by Crippen LogP contribution is 2.41. The number of rotatable bonds is 5. The summed E-state index contributed by atoms with van der Waals surface area (Å²) in [6.07, 6.45) is 0.935. The van der Waals surface area contributed by atoms with Crippen LogP contribution in [0.5, 0.6) is 0 Å². The topological polar surface area (TPSA) is 43.8 Å². The van der Waals surface area contributed by atoms with Crippen LogP contribution in [0.1, 0.15) is 29.2 Å². The monoisotopic (exact) mass is 315 g/mol. The Kier molecular flexibility index (Phi) is 4.95. The fourth-order valence-electron chi connectivity index (χ4n) is 1.88. The summed E-state index contributed by atoms with van der Waals surface area (Å²) in [4.78, 5) is 1.23. The van der Waals surface area contributed by atoms with E-state index in [-0.39, 0.29) is 11.3 Å². The number of aromatic nitrogens is 2. The first kappa shape index (κ1) is 14.9. The molecule has 104 valence electrons. The third-order valence-corrected chi connectivity index (χ3v) is 5.89. The molecule has 0 saturated carbocycles. The fourth-order valence-corrected chi connectivity index (χ4v) is 4.54. The van der Waals surface area contributed by atoms with Crippen LogP contribution in [0.25, 0.3) is 0 Å². The SMILES string of the molecule is CCC(N)C(Sc1cc(C)nn1C)c1ccc(Cl)s1. The predicted octanol–water partition coefficient (Wildman–Crippen LogP) is 4.01. The summed E-state index contributed by atoms with van der Waals surface area (Å²) in [6.45, 7) is 4.11.